The van der Waals surface area contributed by atoms with Gasteiger partial charge < -0.3 is 9.88 Å². The maximum Gasteiger partial charge on any atom is 0.234 e. The highest BCUT2D eigenvalue weighted by Gasteiger charge is 2.37. The maximum atomic E-state index is 13.2. The first-order valence-corrected chi connectivity index (χ1v) is 11.6. The number of benzene rings is 2. The van der Waals surface area contributed by atoms with E-state index in [0.717, 1.165) is 22.1 Å². The van der Waals surface area contributed by atoms with Crippen LogP contribution in [0.15, 0.2) is 65.8 Å². The van der Waals surface area contributed by atoms with Gasteiger partial charge in [-0.25, -0.2) is 0 Å². The van der Waals surface area contributed by atoms with Crippen molar-refractivity contribution in [1.82, 2.24) is 20.1 Å². The molecule has 1 aromatic heterocycles. The van der Waals surface area contributed by atoms with Crippen molar-refractivity contribution >= 4 is 17.7 Å². The molecule has 2 fully saturated rings. The predicted molar refractivity (Wildman–Crippen MR) is 118 cm³/mol. The summed E-state index contributed by atoms with van der Waals surface area (Å²) in [5, 5.41) is 12.8. The summed E-state index contributed by atoms with van der Waals surface area (Å²) in [6, 6.07) is 20.6. The van der Waals surface area contributed by atoms with Crippen LogP contribution >= 0.6 is 11.8 Å². The van der Waals surface area contributed by atoms with Crippen LogP contribution in [0.5, 0.6) is 0 Å². The predicted octanol–water partition coefficient (Wildman–Crippen LogP) is 4.88. The van der Waals surface area contributed by atoms with Gasteiger partial charge in [-0.3, -0.25) is 4.79 Å². The molecule has 1 amide bonds. The Kier molecular flexibility index (Phi) is 5.34. The summed E-state index contributed by atoms with van der Waals surface area (Å²) in [7, 11) is 0. The number of nitrogens with one attached hydrogen (secondary N) is 1. The van der Waals surface area contributed by atoms with Crippen molar-refractivity contribution in [3.05, 3.63) is 77.6 Å². The van der Waals surface area contributed by atoms with E-state index in [4.69, 9.17) is 0 Å². The summed E-state index contributed by atoms with van der Waals surface area (Å²) >= 11 is 1.52. The van der Waals surface area contributed by atoms with Crippen LogP contribution < -0.4 is 5.32 Å². The van der Waals surface area contributed by atoms with Crippen LogP contribution in [0.25, 0.3) is 0 Å². The molecule has 1 heterocycles. The fraction of sp³-hybridized carbons (Fsp3) is 0.375. The van der Waals surface area contributed by atoms with Gasteiger partial charge in [-0.05, 0) is 43.7 Å². The van der Waals surface area contributed by atoms with E-state index in [1.165, 1.54) is 37.4 Å². The Labute approximate surface area is 181 Å². The summed E-state index contributed by atoms with van der Waals surface area (Å²) in [5.41, 5.74) is 2.15. The number of thioether (sulfide) groups is 1. The van der Waals surface area contributed by atoms with Crippen LogP contribution in [0.1, 0.15) is 67.6 Å². The van der Waals surface area contributed by atoms with Crippen molar-refractivity contribution in [3.63, 3.8) is 0 Å². The second kappa shape index (κ2) is 8.26. The fourth-order valence-electron chi connectivity index (χ4n) is 3.79. The van der Waals surface area contributed by atoms with Crippen molar-refractivity contribution in [2.24, 2.45) is 0 Å². The quantitative estimate of drug-likeness (QED) is 0.530. The van der Waals surface area contributed by atoms with E-state index in [1.54, 1.807) is 0 Å². The number of amides is 1. The van der Waals surface area contributed by atoms with E-state index in [2.05, 4.69) is 44.3 Å². The molecule has 2 aliphatic carbocycles. The minimum absolute atomic E-state index is 0.0102. The molecule has 0 radical (unpaired) electrons. The van der Waals surface area contributed by atoms with Crippen LogP contribution in [0.2, 0.25) is 0 Å². The summed E-state index contributed by atoms with van der Waals surface area (Å²) in [5.74, 6) is 1.70. The van der Waals surface area contributed by atoms with Crippen LogP contribution in [-0.4, -0.2) is 25.9 Å². The molecule has 6 heteroatoms. The van der Waals surface area contributed by atoms with Crippen molar-refractivity contribution in [2.45, 2.75) is 61.0 Å². The lowest BCUT2D eigenvalue weighted by Gasteiger charge is -2.22. The van der Waals surface area contributed by atoms with Gasteiger partial charge in [0.25, 0.3) is 0 Å². The monoisotopic (exact) mass is 418 g/mol. The van der Waals surface area contributed by atoms with Crippen molar-refractivity contribution in [3.8, 4) is 0 Å². The van der Waals surface area contributed by atoms with E-state index < -0.39 is 0 Å². The number of carbonyl (C=O) groups excluding carboxylic acids is 1. The lowest BCUT2D eigenvalue weighted by Crippen LogP contribution is -2.35. The Morgan fingerprint density at radius 3 is 2.10 bits per heavy atom. The number of rotatable bonds is 8. The molecule has 0 unspecified atom stereocenters. The van der Waals surface area contributed by atoms with Gasteiger partial charge in [-0.2, -0.15) is 0 Å². The molecule has 1 atom stereocenters. The molecule has 0 spiro atoms. The largest absolute Gasteiger partial charge is 0.344 e. The first-order valence-electron chi connectivity index (χ1n) is 10.7. The SMILES string of the molecule is C[C@@H](Sc1nnc(C2CC2)n1C1CC1)C(=O)NC(c1ccccc1)c1ccccc1. The molecule has 2 aromatic carbocycles. The zero-order valence-electron chi connectivity index (χ0n) is 17.1. The van der Waals surface area contributed by atoms with E-state index >= 15 is 0 Å². The van der Waals surface area contributed by atoms with Crippen LogP contribution in [-0.2, 0) is 4.79 Å². The van der Waals surface area contributed by atoms with E-state index in [-0.39, 0.29) is 17.2 Å². The standard InChI is InChI=1S/C24H26N4OS/c1-16(30-24-27-26-22(19-12-13-19)28(24)20-14-15-20)23(29)25-21(17-8-4-2-5-9-17)18-10-6-3-7-11-18/h2-11,16,19-21H,12-15H2,1H3,(H,25,29)/t16-/m1/s1. The van der Waals surface area contributed by atoms with Gasteiger partial charge in [0.2, 0.25) is 5.91 Å². The minimum Gasteiger partial charge on any atom is -0.344 e. The van der Waals surface area contributed by atoms with Crippen molar-refractivity contribution in [1.29, 1.82) is 0 Å². The van der Waals surface area contributed by atoms with E-state index in [9.17, 15) is 4.79 Å². The molecule has 5 nitrogen and oxygen atoms in total. The Bertz CT molecular complexity index is 973. The molecule has 1 N–H and O–H groups in total. The lowest BCUT2D eigenvalue weighted by molar-refractivity contribution is -0.120. The highest BCUT2D eigenvalue weighted by atomic mass is 32.2. The third kappa shape index (κ3) is 4.15. The molecule has 0 aliphatic heterocycles. The Morgan fingerprint density at radius 2 is 1.57 bits per heavy atom. The zero-order valence-corrected chi connectivity index (χ0v) is 17.9. The second-order valence-corrected chi connectivity index (χ2v) is 9.55. The van der Waals surface area contributed by atoms with E-state index in [1.807, 2.05) is 43.3 Å². The molecule has 3 aromatic rings. The zero-order chi connectivity index (χ0) is 20.5. The summed E-state index contributed by atoms with van der Waals surface area (Å²) in [4.78, 5) is 13.2. The van der Waals surface area contributed by atoms with Gasteiger partial charge in [0, 0.05) is 12.0 Å². The van der Waals surface area contributed by atoms with Crippen LogP contribution in [0, 0.1) is 0 Å². The Hall–Kier alpha value is -2.60. The molecule has 154 valence electrons. The van der Waals surface area contributed by atoms with Gasteiger partial charge in [-0.15, -0.1) is 10.2 Å². The van der Waals surface area contributed by atoms with Gasteiger partial charge in [0.15, 0.2) is 5.16 Å². The van der Waals surface area contributed by atoms with Gasteiger partial charge in [0.05, 0.1) is 11.3 Å². The number of hydrogen-bond acceptors (Lipinski definition) is 4. The maximum absolute atomic E-state index is 13.2. The molecule has 0 saturated heterocycles. The number of aromatic nitrogens is 3. The number of carbonyl (C=O) groups is 1. The van der Waals surface area contributed by atoms with Crippen LogP contribution in [0.3, 0.4) is 0 Å². The topological polar surface area (TPSA) is 59.8 Å². The normalized spacial score (nSPS) is 17.1. The third-order valence-electron chi connectivity index (χ3n) is 5.75. The molecule has 0 bridgehead atoms. The minimum atomic E-state index is -0.256. The molecular formula is C24H26N4OS. The molecular weight excluding hydrogens is 392 g/mol. The first kappa shape index (κ1) is 19.4. The second-order valence-electron chi connectivity index (χ2n) is 8.24. The van der Waals surface area contributed by atoms with Crippen LogP contribution in [0.4, 0.5) is 0 Å². The highest BCUT2D eigenvalue weighted by molar-refractivity contribution is 8.00. The van der Waals surface area contributed by atoms with Gasteiger partial charge in [-0.1, -0.05) is 72.4 Å². The Morgan fingerprint density at radius 1 is 0.967 bits per heavy atom. The fourth-order valence-corrected chi connectivity index (χ4v) is 4.72. The molecule has 5 rings (SSSR count). The first-order chi connectivity index (χ1) is 14.7. The Balaban J connectivity index is 1.34. The average Bonchev–Trinajstić information content (AvgIpc) is 3.72. The highest BCUT2D eigenvalue weighted by Crippen LogP contribution is 2.46. The summed E-state index contributed by atoms with van der Waals surface area (Å²) < 4.78 is 2.30. The summed E-state index contributed by atoms with van der Waals surface area (Å²) in [6.45, 7) is 1.95. The average molecular weight is 419 g/mol. The van der Waals surface area contributed by atoms with Crippen molar-refractivity contribution in [2.75, 3.05) is 0 Å². The van der Waals surface area contributed by atoms with Crippen molar-refractivity contribution < 1.29 is 4.79 Å². The van der Waals surface area contributed by atoms with Gasteiger partial charge in [0.1, 0.15) is 5.82 Å². The molecule has 30 heavy (non-hydrogen) atoms. The van der Waals surface area contributed by atoms with Gasteiger partial charge >= 0.3 is 0 Å². The molecule has 2 saturated carbocycles. The molecule has 2 aliphatic rings. The smallest absolute Gasteiger partial charge is 0.234 e. The third-order valence-corrected chi connectivity index (χ3v) is 6.81. The summed E-state index contributed by atoms with van der Waals surface area (Å²) in [6.07, 6.45) is 4.80. The number of nitrogens with zero attached hydrogens (tertiary/aromatic N) is 3. The van der Waals surface area contributed by atoms with E-state index in [0.29, 0.717) is 12.0 Å². The lowest BCUT2D eigenvalue weighted by atomic mass is 9.98. The number of hydrogen-bond donors (Lipinski definition) is 1.